The lowest BCUT2D eigenvalue weighted by atomic mass is 10.0. The second-order valence-electron chi connectivity index (χ2n) is 6.86. The third-order valence-electron chi connectivity index (χ3n) is 4.83. The van der Waals surface area contributed by atoms with Gasteiger partial charge in [-0.15, -0.1) is 0 Å². The standard InChI is InChI=1S/C25H18FN4.ClH/c26-22-10-7-13-24(18-22)30-28-25(27-29(30)23-11-5-2-6-12-23)21-16-14-20(15-17-21)19-8-3-1-4-9-19;/h1-18H;1H/q+1;/p-1. The second-order valence-corrected chi connectivity index (χ2v) is 6.86. The Balaban J connectivity index is 0.00000231. The number of para-hydroxylation sites is 1. The highest BCUT2D eigenvalue weighted by Gasteiger charge is 2.23. The Labute approximate surface area is 185 Å². The molecule has 1 aromatic heterocycles. The monoisotopic (exact) mass is 428 g/mol. The molecule has 6 heteroatoms. The van der Waals surface area contributed by atoms with Gasteiger partial charge >= 0.3 is 5.82 Å². The average molecular weight is 429 g/mol. The van der Waals surface area contributed by atoms with Crippen molar-refractivity contribution >= 4 is 0 Å². The van der Waals surface area contributed by atoms with Crippen molar-refractivity contribution in [1.82, 2.24) is 15.0 Å². The number of benzene rings is 4. The summed E-state index contributed by atoms with van der Waals surface area (Å²) < 4.78 is 13.9. The minimum Gasteiger partial charge on any atom is -1.00 e. The summed E-state index contributed by atoms with van der Waals surface area (Å²) in [5.74, 6) is 0.235. The van der Waals surface area contributed by atoms with E-state index < -0.39 is 0 Å². The molecular formula is C25H18ClFN4. The van der Waals surface area contributed by atoms with Crippen molar-refractivity contribution in [1.29, 1.82) is 0 Å². The first-order chi connectivity index (χ1) is 14.8. The van der Waals surface area contributed by atoms with E-state index in [-0.39, 0.29) is 18.2 Å². The Kier molecular flexibility index (Phi) is 5.87. The molecule has 152 valence electrons. The van der Waals surface area contributed by atoms with Crippen LogP contribution in [0, 0.1) is 5.82 Å². The van der Waals surface area contributed by atoms with E-state index in [0.29, 0.717) is 11.5 Å². The minimum absolute atomic E-state index is 0. The number of rotatable bonds is 4. The van der Waals surface area contributed by atoms with Gasteiger partial charge in [0.2, 0.25) is 0 Å². The first-order valence-electron chi connectivity index (χ1n) is 9.65. The molecule has 0 aliphatic carbocycles. The summed E-state index contributed by atoms with van der Waals surface area (Å²) in [4.78, 5) is 3.29. The molecule has 4 nitrogen and oxygen atoms in total. The molecule has 4 aromatic carbocycles. The van der Waals surface area contributed by atoms with Crippen LogP contribution in [0.2, 0.25) is 0 Å². The average Bonchev–Trinajstić information content (AvgIpc) is 3.26. The van der Waals surface area contributed by atoms with Crippen molar-refractivity contribution in [2.24, 2.45) is 0 Å². The van der Waals surface area contributed by atoms with Crippen LogP contribution in [0.25, 0.3) is 33.9 Å². The smallest absolute Gasteiger partial charge is 0.340 e. The molecular weight excluding hydrogens is 411 g/mol. The molecule has 0 atom stereocenters. The third-order valence-corrected chi connectivity index (χ3v) is 4.83. The lowest BCUT2D eigenvalue weighted by Gasteiger charge is -2.00. The predicted molar refractivity (Wildman–Crippen MR) is 114 cm³/mol. The molecule has 0 saturated heterocycles. The topological polar surface area (TPSA) is 34.6 Å². The van der Waals surface area contributed by atoms with Gasteiger partial charge in [-0.3, -0.25) is 0 Å². The van der Waals surface area contributed by atoms with Crippen LogP contribution in [0.1, 0.15) is 0 Å². The Morgan fingerprint density at radius 2 is 1.26 bits per heavy atom. The molecule has 5 rings (SSSR count). The Morgan fingerprint density at radius 3 is 1.94 bits per heavy atom. The molecule has 0 spiro atoms. The van der Waals surface area contributed by atoms with Gasteiger partial charge in [-0.25, -0.2) is 4.39 Å². The summed E-state index contributed by atoms with van der Waals surface area (Å²) in [6, 6.07) is 34.3. The number of hydrogen-bond acceptors (Lipinski definition) is 2. The zero-order chi connectivity index (χ0) is 20.3. The number of tetrazole rings is 1. The summed E-state index contributed by atoms with van der Waals surface area (Å²) in [6.45, 7) is 0. The maximum Gasteiger partial charge on any atom is 0.340 e. The van der Waals surface area contributed by atoms with E-state index in [1.807, 2.05) is 60.7 Å². The van der Waals surface area contributed by atoms with Gasteiger partial charge in [0.05, 0.1) is 10.7 Å². The van der Waals surface area contributed by atoms with Gasteiger partial charge in [0, 0.05) is 10.9 Å². The van der Waals surface area contributed by atoms with Crippen LogP contribution in [0.3, 0.4) is 0 Å². The molecule has 0 amide bonds. The maximum atomic E-state index is 13.9. The van der Waals surface area contributed by atoms with Crippen molar-refractivity contribution in [2.45, 2.75) is 0 Å². The molecule has 5 aromatic rings. The van der Waals surface area contributed by atoms with E-state index in [4.69, 9.17) is 5.10 Å². The van der Waals surface area contributed by atoms with E-state index in [1.165, 1.54) is 12.1 Å². The summed E-state index contributed by atoms with van der Waals surface area (Å²) in [5, 5.41) is 9.38. The quantitative estimate of drug-likeness (QED) is 0.410. The number of hydrogen-bond donors (Lipinski definition) is 0. The molecule has 31 heavy (non-hydrogen) atoms. The highest BCUT2D eigenvalue weighted by atomic mass is 35.5. The Bertz CT molecular complexity index is 1290. The first kappa shape index (κ1) is 20.4. The Morgan fingerprint density at radius 1 is 0.645 bits per heavy atom. The van der Waals surface area contributed by atoms with Crippen molar-refractivity contribution < 1.29 is 21.6 Å². The van der Waals surface area contributed by atoms with E-state index in [1.54, 1.807) is 21.7 Å². The maximum absolute atomic E-state index is 13.9. The van der Waals surface area contributed by atoms with Gasteiger partial charge in [0.15, 0.2) is 5.69 Å². The zero-order valence-corrected chi connectivity index (χ0v) is 17.2. The molecule has 0 saturated carbocycles. The van der Waals surface area contributed by atoms with Gasteiger partial charge in [0.1, 0.15) is 11.5 Å². The summed E-state index contributed by atoms with van der Waals surface area (Å²) >= 11 is 0. The molecule has 0 fully saturated rings. The van der Waals surface area contributed by atoms with Crippen LogP contribution in [0.4, 0.5) is 4.39 Å². The van der Waals surface area contributed by atoms with Gasteiger partial charge in [-0.05, 0) is 57.4 Å². The van der Waals surface area contributed by atoms with Gasteiger partial charge < -0.3 is 12.4 Å². The molecule has 0 aliphatic rings. The fraction of sp³-hybridized carbons (Fsp3) is 0. The van der Waals surface area contributed by atoms with E-state index in [2.05, 4.69) is 29.4 Å². The summed E-state index contributed by atoms with van der Waals surface area (Å²) in [6.07, 6.45) is 0. The van der Waals surface area contributed by atoms with Gasteiger partial charge in [0.25, 0.3) is 0 Å². The molecule has 0 radical (unpaired) electrons. The van der Waals surface area contributed by atoms with E-state index >= 15 is 0 Å². The highest BCUT2D eigenvalue weighted by molar-refractivity contribution is 5.67. The number of halogens is 2. The van der Waals surface area contributed by atoms with Gasteiger partial charge in [-0.2, -0.15) is 0 Å². The summed E-state index contributed by atoms with van der Waals surface area (Å²) in [7, 11) is 0. The highest BCUT2D eigenvalue weighted by Crippen LogP contribution is 2.23. The van der Waals surface area contributed by atoms with E-state index in [9.17, 15) is 4.39 Å². The van der Waals surface area contributed by atoms with Crippen LogP contribution in [-0.2, 0) is 0 Å². The van der Waals surface area contributed by atoms with Crippen molar-refractivity contribution in [3.8, 4) is 33.9 Å². The van der Waals surface area contributed by atoms with Crippen LogP contribution < -0.4 is 17.2 Å². The second kappa shape index (κ2) is 8.90. The fourth-order valence-corrected chi connectivity index (χ4v) is 3.34. The SMILES string of the molecule is Fc1cccc(-n2nc(-c3ccc(-c4ccccc4)cc3)n[n+]2-c2ccccc2)c1.[Cl-]. The molecule has 0 aliphatic heterocycles. The van der Waals surface area contributed by atoms with Crippen LogP contribution >= 0.6 is 0 Å². The fourth-order valence-electron chi connectivity index (χ4n) is 3.34. The lowest BCUT2D eigenvalue weighted by Crippen LogP contribution is -3.00. The largest absolute Gasteiger partial charge is 1.00 e. The van der Waals surface area contributed by atoms with Crippen LogP contribution in [0.15, 0.2) is 109 Å². The normalized spacial score (nSPS) is 10.5. The van der Waals surface area contributed by atoms with Crippen molar-refractivity contribution in [3.05, 3.63) is 115 Å². The molecule has 0 bridgehead atoms. The lowest BCUT2D eigenvalue weighted by molar-refractivity contribution is -0.734. The molecule has 0 unspecified atom stereocenters. The molecule has 1 heterocycles. The predicted octanol–water partition coefficient (Wildman–Crippen LogP) is 2.02. The zero-order valence-electron chi connectivity index (χ0n) is 16.4. The first-order valence-corrected chi connectivity index (χ1v) is 9.65. The summed E-state index contributed by atoms with van der Waals surface area (Å²) in [5.41, 5.74) is 4.59. The minimum atomic E-state index is -0.323. The Hall–Kier alpha value is -3.83. The number of nitrogens with zero attached hydrogens (tertiary/aromatic N) is 4. The molecule has 0 N–H and O–H groups in total. The van der Waals surface area contributed by atoms with E-state index in [0.717, 1.165) is 22.4 Å². The van der Waals surface area contributed by atoms with Crippen LogP contribution in [-0.4, -0.2) is 15.0 Å². The van der Waals surface area contributed by atoms with Crippen molar-refractivity contribution in [3.63, 3.8) is 0 Å². The van der Waals surface area contributed by atoms with Gasteiger partial charge in [-0.1, -0.05) is 66.7 Å². The van der Waals surface area contributed by atoms with Crippen molar-refractivity contribution in [2.75, 3.05) is 0 Å². The number of aromatic nitrogens is 4. The third kappa shape index (κ3) is 4.22. The van der Waals surface area contributed by atoms with Crippen LogP contribution in [0.5, 0.6) is 0 Å².